The summed E-state index contributed by atoms with van der Waals surface area (Å²) in [5.74, 6) is -0.384. The first-order valence-corrected chi connectivity index (χ1v) is 7.59. The molecule has 124 valence electrons. The number of hydrazone groups is 1. The lowest BCUT2D eigenvalue weighted by atomic mass is 10.0. The summed E-state index contributed by atoms with van der Waals surface area (Å²) >= 11 is 0. The third kappa shape index (κ3) is 4.23. The second kappa shape index (κ2) is 7.78. The maximum Gasteiger partial charge on any atom is 0.259 e. The van der Waals surface area contributed by atoms with Crippen molar-refractivity contribution >= 4 is 28.8 Å². The van der Waals surface area contributed by atoms with Crippen LogP contribution < -0.4 is 10.7 Å². The Morgan fingerprint density at radius 1 is 1.00 bits per heavy atom. The van der Waals surface area contributed by atoms with Gasteiger partial charge in [0, 0.05) is 18.0 Å². The molecule has 0 saturated carbocycles. The quantitative estimate of drug-likeness (QED) is 0.546. The fraction of sp³-hybridized carbons (Fsp3) is 0.0556. The lowest BCUT2D eigenvalue weighted by molar-refractivity contribution is -0.120. The molecule has 0 bridgehead atoms. The minimum Gasteiger partial charge on any atom is -0.343 e. The van der Waals surface area contributed by atoms with E-state index in [1.807, 2.05) is 36.4 Å². The summed E-state index contributed by atoms with van der Waals surface area (Å²) in [6.07, 6.45) is 4.46. The van der Waals surface area contributed by atoms with Crippen LogP contribution in [0.15, 0.2) is 66.0 Å². The van der Waals surface area contributed by atoms with Gasteiger partial charge in [0.05, 0.1) is 12.8 Å². The number of hydrogen-bond donors (Lipinski definition) is 2. The van der Waals surface area contributed by atoms with Gasteiger partial charge in [0.25, 0.3) is 11.8 Å². The standard InChI is InChI=1S/C18H15N5O2/c24-17(23-22-11-16-19-9-4-10-20-16)12-21-18(25)15-8-3-6-13-5-1-2-7-14(13)15/h1-11H,12H2,(H,21,25)(H,23,24)/b22-11+. The largest absolute Gasteiger partial charge is 0.343 e. The van der Waals surface area contributed by atoms with Gasteiger partial charge in [-0.25, -0.2) is 15.4 Å². The molecular formula is C18H15N5O2. The minimum absolute atomic E-state index is 0.185. The molecule has 1 heterocycles. The van der Waals surface area contributed by atoms with Crippen molar-refractivity contribution in [3.8, 4) is 0 Å². The molecule has 0 fully saturated rings. The van der Waals surface area contributed by atoms with Crippen LogP contribution in [0.2, 0.25) is 0 Å². The van der Waals surface area contributed by atoms with E-state index in [9.17, 15) is 9.59 Å². The molecule has 0 aliphatic rings. The van der Waals surface area contributed by atoms with Crippen molar-refractivity contribution in [1.29, 1.82) is 0 Å². The van der Waals surface area contributed by atoms with Crippen molar-refractivity contribution in [2.45, 2.75) is 0 Å². The molecule has 3 aromatic rings. The monoisotopic (exact) mass is 333 g/mol. The molecule has 2 aromatic carbocycles. The highest BCUT2D eigenvalue weighted by Gasteiger charge is 2.10. The number of aromatic nitrogens is 2. The molecule has 0 atom stereocenters. The van der Waals surface area contributed by atoms with Crippen molar-refractivity contribution in [2.24, 2.45) is 5.10 Å². The first-order chi connectivity index (χ1) is 12.2. The Kier molecular flexibility index (Phi) is 5.06. The summed E-state index contributed by atoms with van der Waals surface area (Å²) in [7, 11) is 0. The summed E-state index contributed by atoms with van der Waals surface area (Å²) in [4.78, 5) is 31.9. The average molecular weight is 333 g/mol. The molecule has 0 saturated heterocycles. The van der Waals surface area contributed by atoms with Crippen molar-refractivity contribution < 1.29 is 9.59 Å². The summed E-state index contributed by atoms with van der Waals surface area (Å²) in [5.41, 5.74) is 2.83. The van der Waals surface area contributed by atoms with Crippen LogP contribution in [0.4, 0.5) is 0 Å². The second-order valence-corrected chi connectivity index (χ2v) is 5.11. The number of nitrogens with one attached hydrogen (secondary N) is 2. The van der Waals surface area contributed by atoms with Crippen LogP contribution in [0, 0.1) is 0 Å². The van der Waals surface area contributed by atoms with Crippen molar-refractivity contribution in [3.05, 3.63) is 72.3 Å². The Hall–Kier alpha value is -3.61. The summed E-state index contributed by atoms with van der Waals surface area (Å²) in [5, 5.41) is 8.12. The van der Waals surface area contributed by atoms with E-state index in [2.05, 4.69) is 25.8 Å². The van der Waals surface area contributed by atoms with E-state index >= 15 is 0 Å². The normalized spacial score (nSPS) is 10.7. The molecule has 0 radical (unpaired) electrons. The van der Waals surface area contributed by atoms with Crippen LogP contribution in [0.5, 0.6) is 0 Å². The molecule has 7 heteroatoms. The van der Waals surface area contributed by atoms with E-state index < -0.39 is 5.91 Å². The van der Waals surface area contributed by atoms with Crippen LogP contribution >= 0.6 is 0 Å². The van der Waals surface area contributed by atoms with Crippen LogP contribution in [0.25, 0.3) is 10.8 Å². The topological polar surface area (TPSA) is 96.3 Å². The van der Waals surface area contributed by atoms with E-state index in [0.717, 1.165) is 10.8 Å². The zero-order valence-corrected chi connectivity index (χ0v) is 13.2. The second-order valence-electron chi connectivity index (χ2n) is 5.11. The Morgan fingerprint density at radius 2 is 1.76 bits per heavy atom. The minimum atomic E-state index is -0.444. The highest BCUT2D eigenvalue weighted by atomic mass is 16.2. The Morgan fingerprint density at radius 3 is 2.60 bits per heavy atom. The molecule has 2 amide bonds. The van der Waals surface area contributed by atoms with Gasteiger partial charge in [0.1, 0.15) is 0 Å². The SMILES string of the molecule is O=C(CNC(=O)c1cccc2ccccc12)N/N=C/c1ncccn1. The van der Waals surface area contributed by atoms with Gasteiger partial charge in [-0.05, 0) is 22.9 Å². The molecule has 1 aromatic heterocycles. The molecule has 25 heavy (non-hydrogen) atoms. The first kappa shape index (κ1) is 16.3. The first-order valence-electron chi connectivity index (χ1n) is 7.59. The number of fused-ring (bicyclic) bond motifs is 1. The zero-order chi connectivity index (χ0) is 17.5. The molecule has 7 nitrogen and oxygen atoms in total. The van der Waals surface area contributed by atoms with Gasteiger partial charge in [0.2, 0.25) is 0 Å². The lowest BCUT2D eigenvalue weighted by Gasteiger charge is -2.07. The molecule has 2 N–H and O–H groups in total. The summed E-state index contributed by atoms with van der Waals surface area (Å²) < 4.78 is 0. The number of amides is 2. The van der Waals surface area contributed by atoms with Gasteiger partial charge in [-0.3, -0.25) is 9.59 Å². The molecule has 3 rings (SSSR count). The highest BCUT2D eigenvalue weighted by molar-refractivity contribution is 6.07. The van der Waals surface area contributed by atoms with Gasteiger partial charge < -0.3 is 5.32 Å². The van der Waals surface area contributed by atoms with E-state index in [1.165, 1.54) is 6.21 Å². The van der Waals surface area contributed by atoms with Gasteiger partial charge in [-0.2, -0.15) is 5.10 Å². The predicted molar refractivity (Wildman–Crippen MR) is 94.0 cm³/mol. The fourth-order valence-electron chi connectivity index (χ4n) is 2.26. The molecule has 0 unspecified atom stereocenters. The Labute approximate surface area is 143 Å². The van der Waals surface area contributed by atoms with Crippen molar-refractivity contribution in [1.82, 2.24) is 20.7 Å². The maximum absolute atomic E-state index is 12.3. The van der Waals surface area contributed by atoms with E-state index in [-0.39, 0.29) is 12.5 Å². The van der Waals surface area contributed by atoms with Crippen LogP contribution in [-0.4, -0.2) is 34.5 Å². The molecule has 0 aliphatic heterocycles. The van der Waals surface area contributed by atoms with E-state index in [0.29, 0.717) is 11.4 Å². The fourth-order valence-corrected chi connectivity index (χ4v) is 2.26. The smallest absolute Gasteiger partial charge is 0.259 e. The molecule has 0 aliphatic carbocycles. The van der Waals surface area contributed by atoms with Gasteiger partial charge in [-0.1, -0.05) is 36.4 Å². The van der Waals surface area contributed by atoms with Crippen LogP contribution in [0.1, 0.15) is 16.2 Å². The van der Waals surface area contributed by atoms with Crippen molar-refractivity contribution in [3.63, 3.8) is 0 Å². The number of nitrogens with zero attached hydrogens (tertiary/aromatic N) is 3. The predicted octanol–water partition coefficient (Wildman–Crippen LogP) is 1.51. The zero-order valence-electron chi connectivity index (χ0n) is 13.2. The maximum atomic E-state index is 12.3. The summed E-state index contributed by atoms with van der Waals surface area (Å²) in [6.45, 7) is -0.185. The number of hydrogen-bond acceptors (Lipinski definition) is 5. The number of rotatable bonds is 5. The third-order valence-electron chi connectivity index (χ3n) is 3.40. The Bertz CT molecular complexity index is 920. The summed E-state index contributed by atoms with van der Waals surface area (Å²) in [6, 6.07) is 14.7. The van der Waals surface area contributed by atoms with Gasteiger partial charge in [0.15, 0.2) is 5.82 Å². The van der Waals surface area contributed by atoms with Gasteiger partial charge >= 0.3 is 0 Å². The van der Waals surface area contributed by atoms with E-state index in [4.69, 9.17) is 0 Å². The number of benzene rings is 2. The highest BCUT2D eigenvalue weighted by Crippen LogP contribution is 2.18. The molecule has 0 spiro atoms. The Balaban J connectivity index is 1.56. The van der Waals surface area contributed by atoms with Gasteiger partial charge in [-0.15, -0.1) is 0 Å². The van der Waals surface area contributed by atoms with E-state index in [1.54, 1.807) is 24.5 Å². The number of carbonyl (C=O) groups is 2. The third-order valence-corrected chi connectivity index (χ3v) is 3.40. The van der Waals surface area contributed by atoms with Crippen LogP contribution in [0.3, 0.4) is 0 Å². The average Bonchev–Trinajstić information content (AvgIpc) is 2.66. The van der Waals surface area contributed by atoms with Crippen LogP contribution in [-0.2, 0) is 4.79 Å². The van der Waals surface area contributed by atoms with Crippen molar-refractivity contribution in [2.75, 3.05) is 6.54 Å². The molecular weight excluding hydrogens is 318 g/mol. The lowest BCUT2D eigenvalue weighted by Crippen LogP contribution is -2.35. The number of carbonyl (C=O) groups excluding carboxylic acids is 2.